The van der Waals surface area contributed by atoms with Crippen molar-refractivity contribution in [1.29, 1.82) is 0 Å². The van der Waals surface area contributed by atoms with Crippen molar-refractivity contribution in [3.63, 3.8) is 0 Å². The van der Waals surface area contributed by atoms with Gasteiger partial charge in [-0.2, -0.15) is 0 Å². The van der Waals surface area contributed by atoms with Gasteiger partial charge in [0, 0.05) is 24.2 Å². The van der Waals surface area contributed by atoms with Crippen LogP contribution in [0.15, 0.2) is 29.3 Å². The SMILES string of the molecule is Cc1cc(Cl)nc(NC(=O)c2c[nH]ccc2=O)n1. The summed E-state index contributed by atoms with van der Waals surface area (Å²) in [6, 6.07) is 2.82. The summed E-state index contributed by atoms with van der Waals surface area (Å²) in [7, 11) is 0. The van der Waals surface area contributed by atoms with Crippen LogP contribution in [0.1, 0.15) is 16.1 Å². The molecule has 1 amide bonds. The van der Waals surface area contributed by atoms with Crippen LogP contribution >= 0.6 is 11.6 Å². The molecule has 0 bridgehead atoms. The number of aryl methyl sites for hydroxylation is 1. The minimum Gasteiger partial charge on any atom is -0.367 e. The second kappa shape index (κ2) is 4.97. The number of carbonyl (C=O) groups excluding carboxylic acids is 1. The van der Waals surface area contributed by atoms with Crippen LogP contribution in [0.25, 0.3) is 0 Å². The zero-order valence-electron chi connectivity index (χ0n) is 9.40. The van der Waals surface area contributed by atoms with Gasteiger partial charge in [-0.15, -0.1) is 0 Å². The standard InChI is InChI=1S/C11H9ClN4O2/c1-6-4-9(12)15-11(14-6)16-10(18)7-5-13-3-2-8(7)17/h2-5H,1H3,(H,13,17)(H,14,15,16,18). The minimum absolute atomic E-state index is 0.0151. The van der Waals surface area contributed by atoms with E-state index in [0.717, 1.165) is 0 Å². The third-order valence-electron chi connectivity index (χ3n) is 2.12. The Kier molecular flexibility index (Phi) is 3.38. The highest BCUT2D eigenvalue weighted by molar-refractivity contribution is 6.29. The first-order chi connectivity index (χ1) is 8.56. The van der Waals surface area contributed by atoms with Crippen molar-refractivity contribution in [3.8, 4) is 0 Å². The van der Waals surface area contributed by atoms with Crippen molar-refractivity contribution >= 4 is 23.5 Å². The molecule has 92 valence electrons. The number of carbonyl (C=O) groups is 1. The molecule has 7 heteroatoms. The summed E-state index contributed by atoms with van der Waals surface area (Å²) in [4.78, 5) is 33.7. The van der Waals surface area contributed by atoms with Gasteiger partial charge in [0.25, 0.3) is 5.91 Å². The Labute approximate surface area is 107 Å². The van der Waals surface area contributed by atoms with Crippen LogP contribution in [0.5, 0.6) is 0 Å². The van der Waals surface area contributed by atoms with Gasteiger partial charge in [-0.25, -0.2) is 9.97 Å². The van der Waals surface area contributed by atoms with Gasteiger partial charge >= 0.3 is 0 Å². The summed E-state index contributed by atoms with van der Waals surface area (Å²) in [5, 5.41) is 2.64. The average molecular weight is 265 g/mol. The average Bonchev–Trinajstić information content (AvgIpc) is 2.27. The van der Waals surface area contributed by atoms with Gasteiger partial charge in [-0.05, 0) is 13.0 Å². The Balaban J connectivity index is 2.27. The summed E-state index contributed by atoms with van der Waals surface area (Å²) in [6.45, 7) is 1.72. The molecular formula is C11H9ClN4O2. The maximum absolute atomic E-state index is 11.8. The highest BCUT2D eigenvalue weighted by atomic mass is 35.5. The third kappa shape index (κ3) is 2.72. The number of anilines is 1. The topological polar surface area (TPSA) is 87.7 Å². The molecule has 2 rings (SSSR count). The van der Waals surface area contributed by atoms with Crippen LogP contribution in [0.2, 0.25) is 5.15 Å². The quantitative estimate of drug-likeness (QED) is 0.802. The zero-order chi connectivity index (χ0) is 13.1. The van der Waals surface area contributed by atoms with E-state index < -0.39 is 5.91 Å². The lowest BCUT2D eigenvalue weighted by atomic mass is 10.2. The Morgan fingerprint density at radius 1 is 1.44 bits per heavy atom. The van der Waals surface area contributed by atoms with Gasteiger partial charge in [0.15, 0.2) is 5.43 Å². The fourth-order valence-electron chi connectivity index (χ4n) is 1.35. The van der Waals surface area contributed by atoms with Crippen molar-refractivity contribution in [3.05, 3.63) is 51.2 Å². The Hall–Kier alpha value is -2.21. The monoisotopic (exact) mass is 264 g/mol. The van der Waals surface area contributed by atoms with E-state index in [1.165, 1.54) is 18.5 Å². The van der Waals surface area contributed by atoms with Gasteiger partial charge in [-0.1, -0.05) is 11.6 Å². The Morgan fingerprint density at radius 3 is 2.89 bits per heavy atom. The van der Waals surface area contributed by atoms with Gasteiger partial charge < -0.3 is 4.98 Å². The van der Waals surface area contributed by atoms with Crippen LogP contribution in [-0.2, 0) is 0 Å². The molecule has 0 atom stereocenters. The number of H-pyrrole nitrogens is 1. The molecule has 6 nitrogen and oxygen atoms in total. The highest BCUT2D eigenvalue weighted by Gasteiger charge is 2.11. The number of aromatic nitrogens is 3. The van der Waals surface area contributed by atoms with E-state index in [1.807, 2.05) is 0 Å². The van der Waals surface area contributed by atoms with Gasteiger partial charge in [0.1, 0.15) is 10.7 Å². The molecule has 2 heterocycles. The van der Waals surface area contributed by atoms with E-state index in [9.17, 15) is 9.59 Å². The van der Waals surface area contributed by atoms with Crippen molar-refractivity contribution in [2.45, 2.75) is 6.92 Å². The van der Waals surface area contributed by atoms with Crippen molar-refractivity contribution in [1.82, 2.24) is 15.0 Å². The molecule has 0 fully saturated rings. The number of halogens is 1. The molecule has 0 aliphatic heterocycles. The second-order valence-electron chi connectivity index (χ2n) is 3.53. The molecule has 18 heavy (non-hydrogen) atoms. The van der Waals surface area contributed by atoms with Crippen molar-refractivity contribution < 1.29 is 4.79 Å². The molecular weight excluding hydrogens is 256 g/mol. The Bertz CT molecular complexity index is 633. The minimum atomic E-state index is -0.585. The molecule has 0 aliphatic carbocycles. The van der Waals surface area contributed by atoms with E-state index in [4.69, 9.17) is 11.6 Å². The van der Waals surface area contributed by atoms with E-state index in [2.05, 4.69) is 20.3 Å². The zero-order valence-corrected chi connectivity index (χ0v) is 10.2. The molecule has 0 saturated carbocycles. The third-order valence-corrected chi connectivity index (χ3v) is 2.31. The van der Waals surface area contributed by atoms with Crippen LogP contribution < -0.4 is 10.7 Å². The number of hydrogen-bond donors (Lipinski definition) is 2. The lowest BCUT2D eigenvalue weighted by molar-refractivity contribution is 0.102. The number of rotatable bonds is 2. The van der Waals surface area contributed by atoms with E-state index >= 15 is 0 Å². The smallest absolute Gasteiger partial charge is 0.263 e. The number of hydrogen-bond acceptors (Lipinski definition) is 4. The molecule has 0 unspecified atom stereocenters. The first-order valence-electron chi connectivity index (χ1n) is 5.06. The summed E-state index contributed by atoms with van der Waals surface area (Å²) in [5.74, 6) is -0.522. The predicted octanol–water partition coefficient (Wildman–Crippen LogP) is 1.38. The van der Waals surface area contributed by atoms with E-state index in [1.54, 1.807) is 13.0 Å². The van der Waals surface area contributed by atoms with E-state index in [0.29, 0.717) is 5.69 Å². The van der Waals surface area contributed by atoms with Crippen LogP contribution in [0, 0.1) is 6.92 Å². The maximum Gasteiger partial charge on any atom is 0.263 e. The van der Waals surface area contributed by atoms with Gasteiger partial charge in [0.05, 0.1) is 0 Å². The molecule has 2 aromatic rings. The molecule has 2 N–H and O–H groups in total. The fraction of sp³-hybridized carbons (Fsp3) is 0.0909. The second-order valence-corrected chi connectivity index (χ2v) is 3.92. The lowest BCUT2D eigenvalue weighted by Crippen LogP contribution is -2.22. The lowest BCUT2D eigenvalue weighted by Gasteiger charge is -2.04. The molecule has 2 aromatic heterocycles. The van der Waals surface area contributed by atoms with Crippen LogP contribution in [-0.4, -0.2) is 20.9 Å². The normalized spacial score (nSPS) is 10.1. The summed E-state index contributed by atoms with van der Waals surface area (Å²) in [5.41, 5.74) is 0.219. The number of pyridine rings is 1. The summed E-state index contributed by atoms with van der Waals surface area (Å²) >= 11 is 5.74. The van der Waals surface area contributed by atoms with Crippen LogP contribution in [0.4, 0.5) is 5.95 Å². The van der Waals surface area contributed by atoms with Crippen molar-refractivity contribution in [2.24, 2.45) is 0 Å². The predicted molar refractivity (Wildman–Crippen MR) is 66.8 cm³/mol. The molecule has 0 radical (unpaired) electrons. The largest absolute Gasteiger partial charge is 0.367 e. The number of nitrogens with one attached hydrogen (secondary N) is 2. The first kappa shape index (κ1) is 12.3. The van der Waals surface area contributed by atoms with Crippen molar-refractivity contribution in [2.75, 3.05) is 5.32 Å². The maximum atomic E-state index is 11.8. The van der Waals surface area contributed by atoms with Gasteiger partial charge in [-0.3, -0.25) is 14.9 Å². The molecule has 0 aliphatic rings. The molecule has 0 spiro atoms. The van der Waals surface area contributed by atoms with E-state index in [-0.39, 0.29) is 22.1 Å². The molecule has 0 aromatic carbocycles. The first-order valence-corrected chi connectivity index (χ1v) is 5.44. The number of amides is 1. The number of aromatic amines is 1. The summed E-state index contributed by atoms with van der Waals surface area (Å²) < 4.78 is 0. The molecule has 0 saturated heterocycles. The van der Waals surface area contributed by atoms with Crippen LogP contribution in [0.3, 0.4) is 0 Å². The summed E-state index contributed by atoms with van der Waals surface area (Å²) in [6.07, 6.45) is 2.76. The fourth-order valence-corrected chi connectivity index (χ4v) is 1.59. The number of nitrogens with zero attached hydrogens (tertiary/aromatic N) is 2. The van der Waals surface area contributed by atoms with Gasteiger partial charge in [0.2, 0.25) is 5.95 Å². The Morgan fingerprint density at radius 2 is 2.22 bits per heavy atom. The highest BCUT2D eigenvalue weighted by Crippen LogP contribution is 2.09.